The molecule has 0 aromatic heterocycles. The minimum atomic E-state index is -0.765. The number of nitrogens with one attached hydrogen (secondary N) is 1. The molecule has 1 saturated heterocycles. The van der Waals surface area contributed by atoms with Crippen LogP contribution in [0.4, 0.5) is 14.9 Å². The summed E-state index contributed by atoms with van der Waals surface area (Å²) in [4.78, 5) is 58.1. The Morgan fingerprint density at radius 1 is 1.06 bits per heavy atom. The topological polar surface area (TPSA) is 181 Å². The molecule has 2 rings (SSSR count). The zero-order valence-electron chi connectivity index (χ0n) is 44.6. The van der Waals surface area contributed by atoms with Gasteiger partial charge in [0.25, 0.3) is 6.26 Å². The zero-order chi connectivity index (χ0) is 52.5. The molecule has 1 heterocycles. The van der Waals surface area contributed by atoms with Crippen molar-refractivity contribution in [3.05, 3.63) is 52.0 Å². The van der Waals surface area contributed by atoms with Crippen molar-refractivity contribution in [3.63, 3.8) is 0 Å². The van der Waals surface area contributed by atoms with Gasteiger partial charge in [-0.2, -0.15) is 4.79 Å². The number of unbranched alkanes of at least 4 members (excludes halogenated alkanes) is 4. The molecule has 13 nitrogen and oxygen atoms in total. The summed E-state index contributed by atoms with van der Waals surface area (Å²) in [5.74, 6) is -0.749. The Morgan fingerprint density at radius 3 is 2.15 bits per heavy atom. The van der Waals surface area contributed by atoms with Gasteiger partial charge in [-0.15, -0.1) is 5.26 Å². The lowest BCUT2D eigenvalue weighted by Gasteiger charge is -2.37. The first-order chi connectivity index (χ1) is 32.0. The largest absolute Gasteiger partial charge is 0.516 e. The number of ketones is 1. The average Bonchev–Trinajstić information content (AvgIpc) is 3.28. The molecule has 1 aliphatic rings. The van der Waals surface area contributed by atoms with Crippen LogP contribution in [0, 0.1) is 28.7 Å². The van der Waals surface area contributed by atoms with Crippen LogP contribution in [0.3, 0.4) is 0 Å². The highest BCUT2D eigenvalue weighted by Crippen LogP contribution is 2.31. The second kappa shape index (κ2) is 37.2. The summed E-state index contributed by atoms with van der Waals surface area (Å²) in [5, 5.41) is 12.3. The number of likely N-dealkylation sites (N-methyl/N-ethyl adjacent to an activating group) is 1. The molecule has 0 spiro atoms. The number of carbonyl (C=O) groups excluding carboxylic acids is 4. The molecule has 390 valence electrons. The number of nitrogens with two attached hydrogens (primary N) is 2. The van der Waals surface area contributed by atoms with Gasteiger partial charge in [0, 0.05) is 60.2 Å². The number of carbonyl (C=O) groups is 4. The van der Waals surface area contributed by atoms with Crippen LogP contribution in [0.2, 0.25) is 0 Å². The number of hydrogen-bond acceptors (Lipinski definition) is 12. The van der Waals surface area contributed by atoms with Crippen molar-refractivity contribution in [2.24, 2.45) is 17.1 Å². The number of piperidine rings is 1. The van der Waals surface area contributed by atoms with Gasteiger partial charge in [0.15, 0.2) is 0 Å². The second-order valence-electron chi connectivity index (χ2n) is 18.8. The van der Waals surface area contributed by atoms with E-state index in [1.54, 1.807) is 38.7 Å². The van der Waals surface area contributed by atoms with Gasteiger partial charge in [0.2, 0.25) is 11.8 Å². The number of quaternary nitrogens is 1. The van der Waals surface area contributed by atoms with Gasteiger partial charge in [-0.1, -0.05) is 112 Å². The van der Waals surface area contributed by atoms with Crippen LogP contribution in [-0.2, 0) is 29.7 Å². The van der Waals surface area contributed by atoms with E-state index in [1.165, 1.54) is 69.4 Å². The number of halogens is 1. The third kappa shape index (κ3) is 28.1. The van der Waals surface area contributed by atoms with E-state index in [0.29, 0.717) is 61.4 Å². The van der Waals surface area contributed by atoms with Crippen molar-refractivity contribution >= 4 is 53.2 Å². The van der Waals surface area contributed by atoms with E-state index in [2.05, 4.69) is 55.7 Å². The van der Waals surface area contributed by atoms with Gasteiger partial charge in [-0.25, -0.2) is 8.87 Å². The summed E-state index contributed by atoms with van der Waals surface area (Å²) in [6, 6.07) is 3.86. The summed E-state index contributed by atoms with van der Waals surface area (Å²) in [6.07, 6.45) is 13.5. The average molecular weight is 995 g/mol. The number of nitriles is 1. The number of anilines is 1. The highest BCUT2D eigenvalue weighted by Gasteiger charge is 2.36. The highest BCUT2D eigenvalue weighted by atomic mass is 32.2. The summed E-state index contributed by atoms with van der Waals surface area (Å²) in [7, 11) is 5.68. The van der Waals surface area contributed by atoms with E-state index in [-0.39, 0.29) is 39.7 Å². The van der Waals surface area contributed by atoms with Crippen LogP contribution in [-0.4, -0.2) is 116 Å². The van der Waals surface area contributed by atoms with Crippen molar-refractivity contribution in [1.82, 2.24) is 15.1 Å². The van der Waals surface area contributed by atoms with Crippen molar-refractivity contribution < 1.29 is 37.0 Å². The number of ether oxygens (including phenoxy) is 1. The molecule has 0 aliphatic carbocycles. The lowest BCUT2D eigenvalue weighted by molar-refractivity contribution is -0.815. The van der Waals surface area contributed by atoms with E-state index in [1.807, 2.05) is 32.6 Å². The van der Waals surface area contributed by atoms with E-state index < -0.39 is 29.5 Å². The quantitative estimate of drug-likeness (QED) is 0.0200. The first-order valence-electron chi connectivity index (χ1n) is 24.7. The van der Waals surface area contributed by atoms with E-state index in [0.717, 1.165) is 50.6 Å². The van der Waals surface area contributed by atoms with Crippen molar-refractivity contribution in [3.8, 4) is 6.26 Å². The number of Topliss-reactive ketones (excluding diaryl/α,β-unsaturated/α-hetero) is 1. The fourth-order valence-electron chi connectivity index (χ4n) is 7.16. The molecule has 1 aliphatic heterocycles. The number of benzene rings is 1. The predicted octanol–water partition coefficient (Wildman–Crippen LogP) is 11.0. The zero-order valence-corrected chi connectivity index (χ0v) is 46.3. The number of nitrogens with zero attached hydrogens (tertiary/aromatic N) is 4. The Hall–Kier alpha value is -3.62. The van der Waals surface area contributed by atoms with Crippen LogP contribution in [0.1, 0.15) is 152 Å². The Bertz CT molecular complexity index is 1700. The number of nitrogen functional groups attached to an aromatic ring is 1. The van der Waals surface area contributed by atoms with Gasteiger partial charge >= 0.3 is 6.09 Å². The third-order valence-corrected chi connectivity index (χ3v) is 13.0. The molecule has 0 radical (unpaired) electrons. The lowest BCUT2D eigenvalue weighted by Crippen LogP contribution is -2.51. The maximum Gasteiger partial charge on any atom is 0.516 e. The number of amides is 3. The summed E-state index contributed by atoms with van der Waals surface area (Å²) >= 11 is 2.25. The standard InChI is InChI=1S/C42H70FN5O5S.C6H13N.C2H3NOS.C2H6/c1-12-14-16-17-22-47(39(50)18-15-13-2)37(29(3)4)26-38(53-41(52)48(10,11)23-21-44)31(6)54-28-30(5)40(51)46-34(27-42(8,9)32(7)49)24-33-19-20-36(45)35(43)25-33;1-7-5-3-2-4-6-7;1-5-4-2-3;1-2/h19-20,25,28-29,34,37-38H,6,12-18,21-24,26-27,44-45H2,1-5,7-11H3;2-6H2,1H3;1H3;1-2H3/p+1/b30-28+;;;. The maximum atomic E-state index is 14.3. The number of likely N-dealkylation sites (tertiary alicyclic amines) is 1. The Morgan fingerprint density at radius 2 is 1.68 bits per heavy atom. The van der Waals surface area contributed by atoms with E-state index >= 15 is 0 Å². The summed E-state index contributed by atoms with van der Waals surface area (Å²) in [6.45, 7) is 27.5. The minimum Gasteiger partial charge on any atom is -0.411 e. The minimum absolute atomic E-state index is 0.0236. The molecule has 0 saturated carbocycles. The summed E-state index contributed by atoms with van der Waals surface area (Å²) < 4.78 is 24.5. The number of thioether (sulfide) groups is 1. The molecule has 16 heteroatoms. The molecule has 1 aromatic carbocycles. The summed E-state index contributed by atoms with van der Waals surface area (Å²) in [5.41, 5.74) is 11.8. The van der Waals surface area contributed by atoms with Crippen LogP contribution < -0.4 is 16.8 Å². The van der Waals surface area contributed by atoms with Gasteiger partial charge in [-0.3, -0.25) is 14.4 Å². The molecule has 0 bridgehead atoms. The first-order valence-corrected chi connectivity index (χ1v) is 26.7. The van der Waals surface area contributed by atoms with Crippen LogP contribution >= 0.6 is 23.8 Å². The second-order valence-corrected chi connectivity index (χ2v) is 20.3. The molecule has 1 fully saturated rings. The molecule has 3 atom stereocenters. The Kier molecular flexibility index (Phi) is 36.4. The SMILES string of the molecule is C=C(S/C=C(\C)C(=O)NC(Cc1ccc(N)c(F)c1)CC(C)(C)C(C)=O)C(CC(C(C)C)N(CCCCCC)C(=O)CCCC)OC(=O)[N+](C)(C)CCN.CC.CN1CCCCC1.CSOC#N. The Balaban J connectivity index is 0. The fourth-order valence-corrected chi connectivity index (χ4v) is 7.96. The lowest BCUT2D eigenvalue weighted by atomic mass is 9.80. The van der Waals surface area contributed by atoms with Gasteiger partial charge < -0.3 is 35.5 Å². The van der Waals surface area contributed by atoms with Crippen molar-refractivity contribution in [2.45, 2.75) is 171 Å². The van der Waals surface area contributed by atoms with Gasteiger partial charge in [-0.05, 0) is 102 Å². The molecular formula is C52H93FN7O6S2+. The smallest absolute Gasteiger partial charge is 0.411 e. The van der Waals surface area contributed by atoms with E-state index in [4.69, 9.17) is 21.5 Å². The maximum absolute atomic E-state index is 14.3. The monoisotopic (exact) mass is 995 g/mol. The molecule has 3 amide bonds. The number of hydrogen-bond donors (Lipinski definition) is 3. The van der Waals surface area contributed by atoms with E-state index in [9.17, 15) is 23.6 Å². The van der Waals surface area contributed by atoms with Crippen molar-refractivity contribution in [2.75, 3.05) is 65.9 Å². The third-order valence-electron chi connectivity index (χ3n) is 11.8. The van der Waals surface area contributed by atoms with Crippen LogP contribution in [0.15, 0.2) is 40.7 Å². The number of rotatable bonds is 26. The molecule has 68 heavy (non-hydrogen) atoms. The Labute approximate surface area is 420 Å². The molecule has 3 unspecified atom stereocenters. The molecule has 1 aromatic rings. The molecular weight excluding hydrogens is 902 g/mol. The van der Waals surface area contributed by atoms with Crippen LogP contribution in [0.5, 0.6) is 0 Å². The van der Waals surface area contributed by atoms with Crippen LogP contribution in [0.25, 0.3) is 0 Å². The normalized spacial score (nSPS) is 14.2. The van der Waals surface area contributed by atoms with Gasteiger partial charge in [0.1, 0.15) is 24.2 Å². The van der Waals surface area contributed by atoms with Gasteiger partial charge in [0.05, 0.1) is 31.8 Å². The first kappa shape index (κ1) is 66.5. The predicted molar refractivity (Wildman–Crippen MR) is 284 cm³/mol. The highest BCUT2D eigenvalue weighted by molar-refractivity contribution is 8.05. The fraction of sp³-hybridized carbons (Fsp3) is 0.712. The van der Waals surface area contributed by atoms with Crippen molar-refractivity contribution in [1.29, 1.82) is 5.26 Å². The molecule has 5 N–H and O–H groups in total.